The highest BCUT2D eigenvalue weighted by Crippen LogP contribution is 2.27. The first kappa shape index (κ1) is 16.0. The molecule has 0 aliphatic heterocycles. The van der Waals surface area contributed by atoms with Gasteiger partial charge in [-0.1, -0.05) is 6.07 Å². The maximum Gasteiger partial charge on any atom is 0.307 e. The van der Waals surface area contributed by atoms with E-state index in [1.54, 1.807) is 0 Å². The average molecular weight is 310 g/mol. The van der Waals surface area contributed by atoms with Crippen molar-refractivity contribution in [3.05, 3.63) is 22.4 Å². The summed E-state index contributed by atoms with van der Waals surface area (Å²) >= 11 is 1.53. The van der Waals surface area contributed by atoms with Crippen LogP contribution in [0.15, 0.2) is 17.5 Å². The molecule has 1 aliphatic rings. The first-order valence-corrected chi connectivity index (χ1v) is 8.14. The normalized spacial score (nSPS) is 23.3. The van der Waals surface area contributed by atoms with Crippen LogP contribution in [0.5, 0.6) is 0 Å². The molecule has 0 radical (unpaired) electrons. The van der Waals surface area contributed by atoms with Crippen LogP contribution in [0.25, 0.3) is 0 Å². The summed E-state index contributed by atoms with van der Waals surface area (Å²) < 4.78 is 4.72. The van der Waals surface area contributed by atoms with Crippen LogP contribution in [0, 0.1) is 5.92 Å². The number of rotatable bonds is 5. The van der Waals surface area contributed by atoms with E-state index in [4.69, 9.17) is 10.5 Å². The summed E-state index contributed by atoms with van der Waals surface area (Å²) in [5.74, 6) is -0.298. The number of amides is 1. The number of hydrogen-bond donors (Lipinski definition) is 2. The van der Waals surface area contributed by atoms with Gasteiger partial charge in [-0.3, -0.25) is 9.59 Å². The summed E-state index contributed by atoms with van der Waals surface area (Å²) in [6, 6.07) is 3.75. The molecule has 1 heterocycles. The Balaban J connectivity index is 1.97. The molecule has 1 unspecified atom stereocenters. The van der Waals surface area contributed by atoms with Crippen molar-refractivity contribution in [2.45, 2.75) is 44.2 Å². The van der Waals surface area contributed by atoms with Crippen LogP contribution in [0.4, 0.5) is 0 Å². The first-order chi connectivity index (χ1) is 10.1. The minimum absolute atomic E-state index is 0.00455. The minimum Gasteiger partial charge on any atom is -0.469 e. The monoisotopic (exact) mass is 310 g/mol. The van der Waals surface area contributed by atoms with Crippen molar-refractivity contribution in [2.24, 2.45) is 11.7 Å². The highest BCUT2D eigenvalue weighted by molar-refractivity contribution is 7.10. The smallest absolute Gasteiger partial charge is 0.307 e. The topological polar surface area (TPSA) is 81.4 Å². The molecule has 1 amide bonds. The summed E-state index contributed by atoms with van der Waals surface area (Å²) in [5.41, 5.74) is 5.87. The molecule has 0 bridgehead atoms. The lowest BCUT2D eigenvalue weighted by atomic mass is 9.85. The summed E-state index contributed by atoms with van der Waals surface area (Å²) in [7, 11) is 1.36. The van der Waals surface area contributed by atoms with E-state index < -0.39 is 0 Å². The van der Waals surface area contributed by atoms with Crippen molar-refractivity contribution in [1.29, 1.82) is 0 Å². The number of methoxy groups -OCH3 is 1. The fraction of sp³-hybridized carbons (Fsp3) is 0.600. The molecule has 3 N–H and O–H groups in total. The molecule has 1 aromatic rings. The lowest BCUT2D eigenvalue weighted by Gasteiger charge is -2.27. The van der Waals surface area contributed by atoms with Crippen molar-refractivity contribution in [2.75, 3.05) is 7.11 Å². The molecule has 1 fully saturated rings. The number of hydrogen-bond acceptors (Lipinski definition) is 5. The third-order valence-corrected chi connectivity index (χ3v) is 4.93. The Morgan fingerprint density at radius 2 is 2.14 bits per heavy atom. The Labute approximate surface area is 128 Å². The quantitative estimate of drug-likeness (QED) is 0.815. The minimum atomic E-state index is -0.320. The Morgan fingerprint density at radius 1 is 1.43 bits per heavy atom. The van der Waals surface area contributed by atoms with E-state index in [1.807, 2.05) is 17.5 Å². The van der Waals surface area contributed by atoms with Crippen molar-refractivity contribution in [1.82, 2.24) is 5.32 Å². The number of ether oxygens (including phenoxy) is 1. The Kier molecular flexibility index (Phi) is 5.76. The summed E-state index contributed by atoms with van der Waals surface area (Å²) in [6.45, 7) is 0. The first-order valence-electron chi connectivity index (χ1n) is 7.26. The molecule has 6 heteroatoms. The highest BCUT2D eigenvalue weighted by Gasteiger charge is 2.27. The van der Waals surface area contributed by atoms with Crippen LogP contribution in [0.1, 0.15) is 43.0 Å². The Morgan fingerprint density at radius 3 is 2.71 bits per heavy atom. The molecule has 5 nitrogen and oxygen atoms in total. The standard InChI is InChI=1S/C15H22N2O3S/c1-20-14(18)9-12(13-3-2-8-21-13)17-15(19)10-4-6-11(16)7-5-10/h2-3,8,10-12H,4-7,9,16H2,1H3,(H,17,19). The molecule has 1 aromatic heterocycles. The van der Waals surface area contributed by atoms with E-state index in [1.165, 1.54) is 18.4 Å². The number of carbonyl (C=O) groups is 2. The van der Waals surface area contributed by atoms with Crippen LogP contribution in [0.3, 0.4) is 0 Å². The van der Waals surface area contributed by atoms with Gasteiger partial charge in [0, 0.05) is 16.8 Å². The van der Waals surface area contributed by atoms with E-state index in [0.717, 1.165) is 30.6 Å². The number of carbonyl (C=O) groups excluding carboxylic acids is 2. The predicted octanol–water partition coefficient (Wildman–Crippen LogP) is 1.99. The van der Waals surface area contributed by atoms with Crippen LogP contribution >= 0.6 is 11.3 Å². The maximum atomic E-state index is 12.4. The van der Waals surface area contributed by atoms with Crippen LogP contribution < -0.4 is 11.1 Å². The van der Waals surface area contributed by atoms with Gasteiger partial charge in [-0.05, 0) is 37.1 Å². The molecule has 0 aromatic carbocycles. The van der Waals surface area contributed by atoms with Gasteiger partial charge in [0.05, 0.1) is 19.6 Å². The van der Waals surface area contributed by atoms with Gasteiger partial charge in [-0.25, -0.2) is 0 Å². The SMILES string of the molecule is COC(=O)CC(NC(=O)C1CCC(N)CC1)c1cccs1. The van der Waals surface area contributed by atoms with Crippen molar-refractivity contribution in [3.8, 4) is 0 Å². The average Bonchev–Trinajstić information content (AvgIpc) is 3.01. The lowest BCUT2D eigenvalue weighted by Crippen LogP contribution is -2.38. The molecule has 0 saturated heterocycles. The van der Waals surface area contributed by atoms with Gasteiger partial charge in [-0.2, -0.15) is 0 Å². The largest absolute Gasteiger partial charge is 0.469 e. The Bertz CT molecular complexity index is 467. The van der Waals surface area contributed by atoms with E-state index >= 15 is 0 Å². The van der Waals surface area contributed by atoms with Gasteiger partial charge < -0.3 is 15.8 Å². The van der Waals surface area contributed by atoms with E-state index in [9.17, 15) is 9.59 Å². The molecule has 1 atom stereocenters. The lowest BCUT2D eigenvalue weighted by molar-refractivity contribution is -0.141. The van der Waals surface area contributed by atoms with Crippen molar-refractivity contribution >= 4 is 23.2 Å². The second kappa shape index (κ2) is 7.56. The van der Waals surface area contributed by atoms with Gasteiger partial charge in [-0.15, -0.1) is 11.3 Å². The molecule has 1 aliphatic carbocycles. The molecule has 21 heavy (non-hydrogen) atoms. The maximum absolute atomic E-state index is 12.4. The molecular formula is C15H22N2O3S. The third-order valence-electron chi connectivity index (χ3n) is 3.94. The number of nitrogens with one attached hydrogen (secondary N) is 1. The number of esters is 1. The van der Waals surface area contributed by atoms with Gasteiger partial charge in [0.15, 0.2) is 0 Å². The third kappa shape index (κ3) is 4.54. The molecule has 116 valence electrons. The van der Waals surface area contributed by atoms with E-state index in [0.29, 0.717) is 0 Å². The van der Waals surface area contributed by atoms with Crippen LogP contribution in [0.2, 0.25) is 0 Å². The van der Waals surface area contributed by atoms with Crippen molar-refractivity contribution < 1.29 is 14.3 Å². The highest BCUT2D eigenvalue weighted by atomic mass is 32.1. The zero-order chi connectivity index (χ0) is 15.2. The second-order valence-electron chi connectivity index (χ2n) is 5.47. The van der Waals surface area contributed by atoms with Crippen molar-refractivity contribution in [3.63, 3.8) is 0 Å². The van der Waals surface area contributed by atoms with Gasteiger partial charge in [0.1, 0.15) is 0 Å². The summed E-state index contributed by atoms with van der Waals surface area (Å²) in [5, 5.41) is 4.93. The Hall–Kier alpha value is -1.40. The fourth-order valence-electron chi connectivity index (χ4n) is 2.63. The predicted molar refractivity (Wildman–Crippen MR) is 81.8 cm³/mol. The zero-order valence-corrected chi connectivity index (χ0v) is 13.0. The molecule has 0 spiro atoms. The number of thiophene rings is 1. The summed E-state index contributed by atoms with van der Waals surface area (Å²) in [4.78, 5) is 24.9. The molecular weight excluding hydrogens is 288 g/mol. The molecule has 2 rings (SSSR count). The van der Waals surface area contributed by atoms with E-state index in [-0.39, 0.29) is 36.3 Å². The van der Waals surface area contributed by atoms with Gasteiger partial charge >= 0.3 is 5.97 Å². The molecule has 1 saturated carbocycles. The van der Waals surface area contributed by atoms with Crippen LogP contribution in [-0.2, 0) is 14.3 Å². The van der Waals surface area contributed by atoms with E-state index in [2.05, 4.69) is 5.32 Å². The summed E-state index contributed by atoms with van der Waals surface area (Å²) in [6.07, 6.45) is 3.58. The second-order valence-corrected chi connectivity index (χ2v) is 6.45. The van der Waals surface area contributed by atoms with Crippen LogP contribution in [-0.4, -0.2) is 25.0 Å². The van der Waals surface area contributed by atoms with Gasteiger partial charge in [0.25, 0.3) is 0 Å². The van der Waals surface area contributed by atoms with Gasteiger partial charge in [0.2, 0.25) is 5.91 Å². The number of nitrogens with two attached hydrogens (primary N) is 1. The fourth-order valence-corrected chi connectivity index (χ4v) is 3.41. The zero-order valence-electron chi connectivity index (χ0n) is 12.2.